The summed E-state index contributed by atoms with van der Waals surface area (Å²) >= 11 is 4.12. The number of benzene rings is 1. The van der Waals surface area contributed by atoms with Crippen molar-refractivity contribution in [1.82, 2.24) is 0 Å². The number of hydrogen-bond donors (Lipinski definition) is 1. The van der Waals surface area contributed by atoms with Crippen LogP contribution in [0.3, 0.4) is 0 Å². The van der Waals surface area contributed by atoms with Crippen LogP contribution in [0.4, 0.5) is 0 Å². The first kappa shape index (κ1) is 9.40. The molecule has 1 heteroatoms. The fourth-order valence-corrected chi connectivity index (χ4v) is 1.22. The van der Waals surface area contributed by atoms with Crippen LogP contribution in [0.15, 0.2) is 24.3 Å². The molecule has 0 atom stereocenters. The highest BCUT2D eigenvalue weighted by Crippen LogP contribution is 2.12. The number of rotatable bonds is 2. The first-order chi connectivity index (χ1) is 5.74. The van der Waals surface area contributed by atoms with E-state index < -0.39 is 0 Å². The summed E-state index contributed by atoms with van der Waals surface area (Å²) in [6.45, 7) is 4.23. The van der Waals surface area contributed by atoms with Crippen molar-refractivity contribution in [3.05, 3.63) is 41.0 Å². The van der Waals surface area contributed by atoms with Gasteiger partial charge in [-0.2, -0.15) is 12.6 Å². The Morgan fingerprint density at radius 3 is 2.75 bits per heavy atom. The molecule has 0 N–H and O–H groups in total. The third kappa shape index (κ3) is 2.42. The summed E-state index contributed by atoms with van der Waals surface area (Å²) in [5.74, 6) is 0.799. The Hall–Kier alpha value is -0.690. The number of aryl methyl sites for hydroxylation is 2. The lowest BCUT2D eigenvalue weighted by atomic mass is 10.1. The van der Waals surface area contributed by atoms with Crippen LogP contribution in [-0.4, -0.2) is 5.75 Å². The Balaban J connectivity index is 2.97. The maximum absolute atomic E-state index is 4.12. The average Bonchev–Trinajstić information content (AvgIpc) is 2.07. The van der Waals surface area contributed by atoms with Gasteiger partial charge in [0.05, 0.1) is 0 Å². The van der Waals surface area contributed by atoms with E-state index in [1.54, 1.807) is 0 Å². The molecule has 0 heterocycles. The van der Waals surface area contributed by atoms with Crippen molar-refractivity contribution in [2.75, 3.05) is 5.75 Å². The molecule has 0 aliphatic heterocycles. The van der Waals surface area contributed by atoms with E-state index in [1.165, 1.54) is 16.7 Å². The zero-order chi connectivity index (χ0) is 8.97. The van der Waals surface area contributed by atoms with Crippen LogP contribution in [-0.2, 0) is 0 Å². The van der Waals surface area contributed by atoms with Gasteiger partial charge in [0.1, 0.15) is 0 Å². The van der Waals surface area contributed by atoms with Gasteiger partial charge in [0.2, 0.25) is 0 Å². The Labute approximate surface area is 79.7 Å². The molecule has 0 saturated heterocycles. The molecule has 0 saturated carbocycles. The molecule has 0 aliphatic carbocycles. The van der Waals surface area contributed by atoms with Gasteiger partial charge in [-0.05, 0) is 25.0 Å². The van der Waals surface area contributed by atoms with Crippen LogP contribution in [0.1, 0.15) is 16.7 Å². The van der Waals surface area contributed by atoms with Crippen LogP contribution in [0, 0.1) is 13.8 Å². The standard InChI is InChI=1S/C11H14S/c1-9-5-6-10(2)11(8-9)4-3-7-12/h3-6,8,12H,7H2,1-2H3. The first-order valence-corrected chi connectivity index (χ1v) is 4.72. The van der Waals surface area contributed by atoms with E-state index >= 15 is 0 Å². The fraction of sp³-hybridized carbons (Fsp3) is 0.273. The summed E-state index contributed by atoms with van der Waals surface area (Å²) in [5, 5.41) is 0. The van der Waals surface area contributed by atoms with Gasteiger partial charge in [-0.3, -0.25) is 0 Å². The van der Waals surface area contributed by atoms with Crippen molar-refractivity contribution < 1.29 is 0 Å². The SMILES string of the molecule is Cc1ccc(C)c(C=CCS)c1. The second-order valence-electron chi connectivity index (χ2n) is 2.94. The van der Waals surface area contributed by atoms with Gasteiger partial charge in [0.15, 0.2) is 0 Å². The minimum atomic E-state index is 0.799. The molecule has 0 unspecified atom stereocenters. The Morgan fingerprint density at radius 1 is 1.33 bits per heavy atom. The van der Waals surface area contributed by atoms with Crippen molar-refractivity contribution >= 4 is 18.7 Å². The van der Waals surface area contributed by atoms with Gasteiger partial charge in [-0.1, -0.05) is 35.9 Å². The quantitative estimate of drug-likeness (QED) is 0.660. The van der Waals surface area contributed by atoms with E-state index in [2.05, 4.69) is 56.8 Å². The van der Waals surface area contributed by atoms with Crippen molar-refractivity contribution in [1.29, 1.82) is 0 Å². The molecule has 0 aliphatic rings. The topological polar surface area (TPSA) is 0 Å². The highest BCUT2D eigenvalue weighted by Gasteiger charge is 1.92. The third-order valence-electron chi connectivity index (χ3n) is 1.84. The minimum absolute atomic E-state index is 0.799. The monoisotopic (exact) mass is 178 g/mol. The summed E-state index contributed by atoms with van der Waals surface area (Å²) in [5.41, 5.74) is 3.92. The van der Waals surface area contributed by atoms with Gasteiger partial charge in [-0.25, -0.2) is 0 Å². The largest absolute Gasteiger partial charge is 0.175 e. The van der Waals surface area contributed by atoms with Crippen LogP contribution in [0.5, 0.6) is 0 Å². The molecule has 0 spiro atoms. The van der Waals surface area contributed by atoms with Gasteiger partial charge >= 0.3 is 0 Å². The first-order valence-electron chi connectivity index (χ1n) is 4.08. The molecule has 0 radical (unpaired) electrons. The van der Waals surface area contributed by atoms with Gasteiger partial charge in [0.25, 0.3) is 0 Å². The normalized spacial score (nSPS) is 10.9. The lowest BCUT2D eigenvalue weighted by Gasteiger charge is -2.00. The predicted molar refractivity (Wildman–Crippen MR) is 58.8 cm³/mol. The Bertz CT molecular complexity index is 287. The summed E-state index contributed by atoms with van der Waals surface area (Å²) in [4.78, 5) is 0. The molecule has 1 rings (SSSR count). The zero-order valence-electron chi connectivity index (χ0n) is 7.54. The minimum Gasteiger partial charge on any atom is -0.175 e. The summed E-state index contributed by atoms with van der Waals surface area (Å²) in [7, 11) is 0. The second kappa shape index (κ2) is 4.36. The molecular weight excluding hydrogens is 164 g/mol. The fourth-order valence-electron chi connectivity index (χ4n) is 1.12. The van der Waals surface area contributed by atoms with E-state index in [0.29, 0.717) is 0 Å². The van der Waals surface area contributed by atoms with Crippen molar-refractivity contribution in [2.24, 2.45) is 0 Å². The van der Waals surface area contributed by atoms with Crippen molar-refractivity contribution in [3.8, 4) is 0 Å². The average molecular weight is 178 g/mol. The second-order valence-corrected chi connectivity index (χ2v) is 3.31. The van der Waals surface area contributed by atoms with Crippen molar-refractivity contribution in [3.63, 3.8) is 0 Å². The molecule has 1 aromatic rings. The molecule has 0 bridgehead atoms. The lowest BCUT2D eigenvalue weighted by molar-refractivity contribution is 1.37. The molecule has 64 valence electrons. The van der Waals surface area contributed by atoms with Crippen LogP contribution >= 0.6 is 12.6 Å². The van der Waals surface area contributed by atoms with E-state index in [1.807, 2.05) is 0 Å². The lowest BCUT2D eigenvalue weighted by Crippen LogP contribution is -1.81. The molecule has 0 fully saturated rings. The van der Waals surface area contributed by atoms with Crippen LogP contribution in [0.2, 0.25) is 0 Å². The van der Waals surface area contributed by atoms with E-state index in [9.17, 15) is 0 Å². The maximum Gasteiger partial charge on any atom is 0.00858 e. The zero-order valence-corrected chi connectivity index (χ0v) is 8.44. The third-order valence-corrected chi connectivity index (χ3v) is 2.05. The molecular formula is C11H14S. The maximum atomic E-state index is 4.12. The van der Waals surface area contributed by atoms with Crippen molar-refractivity contribution in [2.45, 2.75) is 13.8 Å². The van der Waals surface area contributed by atoms with Gasteiger partial charge in [0, 0.05) is 5.75 Å². The molecule has 0 nitrogen and oxygen atoms in total. The Morgan fingerprint density at radius 2 is 2.08 bits per heavy atom. The number of hydrogen-bond acceptors (Lipinski definition) is 1. The molecule has 1 aromatic carbocycles. The molecule has 12 heavy (non-hydrogen) atoms. The summed E-state index contributed by atoms with van der Waals surface area (Å²) in [6.07, 6.45) is 4.18. The van der Waals surface area contributed by atoms with Crippen LogP contribution < -0.4 is 0 Å². The van der Waals surface area contributed by atoms with Crippen LogP contribution in [0.25, 0.3) is 6.08 Å². The highest BCUT2D eigenvalue weighted by atomic mass is 32.1. The summed E-state index contributed by atoms with van der Waals surface area (Å²) < 4.78 is 0. The van der Waals surface area contributed by atoms with E-state index in [-0.39, 0.29) is 0 Å². The number of thiol groups is 1. The Kier molecular flexibility index (Phi) is 3.42. The van der Waals surface area contributed by atoms with Gasteiger partial charge < -0.3 is 0 Å². The smallest absolute Gasteiger partial charge is 0.00858 e. The highest BCUT2D eigenvalue weighted by molar-refractivity contribution is 7.80. The molecule has 0 aromatic heterocycles. The molecule has 0 amide bonds. The summed E-state index contributed by atoms with van der Waals surface area (Å²) in [6, 6.07) is 6.47. The van der Waals surface area contributed by atoms with Gasteiger partial charge in [-0.15, -0.1) is 0 Å². The van der Waals surface area contributed by atoms with E-state index in [4.69, 9.17) is 0 Å². The van der Waals surface area contributed by atoms with E-state index in [0.717, 1.165) is 5.75 Å². The predicted octanol–water partition coefficient (Wildman–Crippen LogP) is 3.25.